The molecule has 0 aliphatic rings. The van der Waals surface area contributed by atoms with Crippen molar-refractivity contribution < 1.29 is 19.4 Å². The number of amides is 2. The molecule has 0 bridgehead atoms. The van der Waals surface area contributed by atoms with Crippen molar-refractivity contribution in [3.63, 3.8) is 0 Å². The molecular formula is C9H19N3O4. The molecule has 5 N–H and O–H groups in total. The van der Waals surface area contributed by atoms with E-state index in [0.717, 1.165) is 0 Å². The first-order chi connectivity index (χ1) is 7.60. The molecule has 0 radical (unpaired) electrons. The van der Waals surface area contributed by atoms with E-state index in [1.165, 1.54) is 7.11 Å². The summed E-state index contributed by atoms with van der Waals surface area (Å²) in [6.07, 6.45) is -0.186. The number of ether oxygens (including phenoxy) is 1. The summed E-state index contributed by atoms with van der Waals surface area (Å²) in [6, 6.07) is 0. The van der Waals surface area contributed by atoms with Crippen molar-refractivity contribution in [3.8, 4) is 0 Å². The number of methoxy groups -OCH3 is 1. The molecule has 7 heteroatoms. The number of hydrogen-bond acceptors (Lipinski definition) is 5. The topological polar surface area (TPSA) is 114 Å². The molecule has 2 amide bonds. The average Bonchev–Trinajstić information content (AvgIpc) is 2.26. The Bertz CT molecular complexity index is 223. The van der Waals surface area contributed by atoms with E-state index < -0.39 is 6.10 Å². The van der Waals surface area contributed by atoms with Gasteiger partial charge in [0.2, 0.25) is 11.8 Å². The van der Waals surface area contributed by atoms with Gasteiger partial charge >= 0.3 is 0 Å². The second-order valence-electron chi connectivity index (χ2n) is 3.23. The zero-order valence-corrected chi connectivity index (χ0v) is 9.36. The summed E-state index contributed by atoms with van der Waals surface area (Å²) >= 11 is 0. The number of aliphatic hydroxyl groups is 1. The number of hydrogen-bond donors (Lipinski definition) is 4. The molecule has 0 saturated carbocycles. The Balaban J connectivity index is 3.47. The van der Waals surface area contributed by atoms with Crippen LogP contribution in [0, 0.1) is 0 Å². The van der Waals surface area contributed by atoms with Crippen LogP contribution in [0.15, 0.2) is 0 Å². The summed E-state index contributed by atoms with van der Waals surface area (Å²) in [5, 5.41) is 14.1. The molecular weight excluding hydrogens is 214 g/mol. The Labute approximate surface area is 94.3 Å². The van der Waals surface area contributed by atoms with Crippen LogP contribution in [0.2, 0.25) is 0 Å². The lowest BCUT2D eigenvalue weighted by molar-refractivity contribution is -0.125. The Morgan fingerprint density at radius 2 is 2.06 bits per heavy atom. The predicted molar refractivity (Wildman–Crippen MR) is 57.6 cm³/mol. The van der Waals surface area contributed by atoms with Gasteiger partial charge in [0.15, 0.2) is 0 Å². The molecule has 1 atom stereocenters. The van der Waals surface area contributed by atoms with Gasteiger partial charge in [-0.2, -0.15) is 0 Å². The third kappa shape index (κ3) is 8.16. The fraction of sp³-hybridized carbons (Fsp3) is 0.778. The maximum Gasteiger partial charge on any atom is 0.239 e. The standard InChI is InChI=1S/C9H19N3O4/c1-16-6-7(13)2-3-11-9(15)5-12-8(14)4-10/h7,13H,2-6,10H2,1H3,(H,11,15)(H,12,14). The van der Waals surface area contributed by atoms with Crippen LogP contribution in [0.1, 0.15) is 6.42 Å². The molecule has 0 rings (SSSR count). The van der Waals surface area contributed by atoms with Crippen LogP contribution < -0.4 is 16.4 Å². The van der Waals surface area contributed by atoms with Crippen molar-refractivity contribution in [3.05, 3.63) is 0 Å². The lowest BCUT2D eigenvalue weighted by atomic mass is 10.2. The highest BCUT2D eigenvalue weighted by Crippen LogP contribution is 1.89. The Kier molecular flexibility index (Phi) is 8.41. The van der Waals surface area contributed by atoms with E-state index in [1.54, 1.807) is 0 Å². The molecule has 0 aromatic heterocycles. The molecule has 94 valence electrons. The molecule has 16 heavy (non-hydrogen) atoms. The minimum atomic E-state index is -0.594. The van der Waals surface area contributed by atoms with Crippen LogP contribution in [0.25, 0.3) is 0 Å². The number of nitrogens with two attached hydrogens (primary N) is 1. The zero-order chi connectivity index (χ0) is 12.4. The molecule has 0 saturated heterocycles. The van der Waals surface area contributed by atoms with Crippen LogP contribution in [0.5, 0.6) is 0 Å². The minimum Gasteiger partial charge on any atom is -0.391 e. The first-order valence-electron chi connectivity index (χ1n) is 5.00. The molecule has 0 aromatic rings. The van der Waals surface area contributed by atoms with Gasteiger partial charge in [0, 0.05) is 13.7 Å². The van der Waals surface area contributed by atoms with Crippen molar-refractivity contribution in [2.45, 2.75) is 12.5 Å². The van der Waals surface area contributed by atoms with Crippen molar-refractivity contribution in [1.29, 1.82) is 0 Å². The normalized spacial score (nSPS) is 11.9. The largest absolute Gasteiger partial charge is 0.391 e. The van der Waals surface area contributed by atoms with E-state index in [1.807, 2.05) is 0 Å². The zero-order valence-electron chi connectivity index (χ0n) is 9.36. The second kappa shape index (κ2) is 9.08. The summed E-state index contributed by atoms with van der Waals surface area (Å²) in [5.41, 5.74) is 5.04. The first kappa shape index (κ1) is 14.8. The maximum atomic E-state index is 11.1. The van der Waals surface area contributed by atoms with Crippen LogP contribution in [-0.4, -0.2) is 56.4 Å². The molecule has 0 aliphatic heterocycles. The molecule has 0 aromatic carbocycles. The highest BCUT2D eigenvalue weighted by Gasteiger charge is 2.06. The molecule has 7 nitrogen and oxygen atoms in total. The van der Waals surface area contributed by atoms with E-state index in [4.69, 9.17) is 10.5 Å². The lowest BCUT2D eigenvalue weighted by Crippen LogP contribution is -2.40. The van der Waals surface area contributed by atoms with Crippen molar-refractivity contribution >= 4 is 11.8 Å². The summed E-state index contributed by atoms with van der Waals surface area (Å²) in [6.45, 7) is 0.331. The molecule has 0 spiro atoms. The smallest absolute Gasteiger partial charge is 0.239 e. The number of nitrogens with one attached hydrogen (secondary N) is 2. The lowest BCUT2D eigenvalue weighted by Gasteiger charge is -2.10. The molecule has 0 heterocycles. The van der Waals surface area contributed by atoms with Gasteiger partial charge in [0.05, 0.1) is 25.8 Å². The van der Waals surface area contributed by atoms with Crippen LogP contribution >= 0.6 is 0 Å². The van der Waals surface area contributed by atoms with Gasteiger partial charge in [-0.15, -0.1) is 0 Å². The summed E-state index contributed by atoms with van der Waals surface area (Å²) < 4.78 is 4.72. The van der Waals surface area contributed by atoms with Gasteiger partial charge in [0.1, 0.15) is 0 Å². The Morgan fingerprint density at radius 3 is 2.62 bits per heavy atom. The van der Waals surface area contributed by atoms with E-state index in [-0.39, 0.29) is 31.5 Å². The predicted octanol–water partition coefficient (Wildman–Crippen LogP) is -2.43. The molecule has 0 aliphatic carbocycles. The van der Waals surface area contributed by atoms with Crippen LogP contribution in [0.3, 0.4) is 0 Å². The number of rotatable bonds is 8. The van der Waals surface area contributed by atoms with Gasteiger partial charge in [-0.3, -0.25) is 9.59 Å². The summed E-state index contributed by atoms with van der Waals surface area (Å²) in [4.78, 5) is 21.8. The fourth-order valence-corrected chi connectivity index (χ4v) is 0.967. The van der Waals surface area contributed by atoms with Crippen molar-refractivity contribution in [2.24, 2.45) is 5.73 Å². The first-order valence-corrected chi connectivity index (χ1v) is 5.00. The number of carbonyl (C=O) groups is 2. The maximum absolute atomic E-state index is 11.1. The fourth-order valence-electron chi connectivity index (χ4n) is 0.967. The van der Waals surface area contributed by atoms with E-state index in [2.05, 4.69) is 10.6 Å². The average molecular weight is 233 g/mol. The van der Waals surface area contributed by atoms with Crippen molar-refractivity contribution in [2.75, 3.05) is 33.4 Å². The highest BCUT2D eigenvalue weighted by atomic mass is 16.5. The van der Waals surface area contributed by atoms with Crippen LogP contribution in [0.4, 0.5) is 0 Å². The molecule has 1 unspecified atom stereocenters. The quantitative estimate of drug-likeness (QED) is 0.372. The highest BCUT2D eigenvalue weighted by molar-refractivity contribution is 5.85. The van der Waals surface area contributed by atoms with E-state index in [9.17, 15) is 14.7 Å². The van der Waals surface area contributed by atoms with Gasteiger partial charge < -0.3 is 26.2 Å². The van der Waals surface area contributed by atoms with Crippen molar-refractivity contribution in [1.82, 2.24) is 10.6 Å². The van der Waals surface area contributed by atoms with Gasteiger partial charge in [-0.05, 0) is 6.42 Å². The minimum absolute atomic E-state index is 0.101. The third-order valence-corrected chi connectivity index (χ3v) is 1.79. The Hall–Kier alpha value is -1.18. The second-order valence-corrected chi connectivity index (χ2v) is 3.23. The van der Waals surface area contributed by atoms with E-state index >= 15 is 0 Å². The van der Waals surface area contributed by atoms with Gasteiger partial charge in [-0.25, -0.2) is 0 Å². The number of aliphatic hydroxyl groups excluding tert-OH is 1. The van der Waals surface area contributed by atoms with Gasteiger partial charge in [-0.1, -0.05) is 0 Å². The third-order valence-electron chi connectivity index (χ3n) is 1.79. The summed E-state index contributed by atoms with van der Waals surface area (Å²) in [5.74, 6) is -0.694. The molecule has 0 fully saturated rings. The Morgan fingerprint density at radius 1 is 1.38 bits per heavy atom. The SMILES string of the molecule is COCC(O)CCNC(=O)CNC(=O)CN. The van der Waals surface area contributed by atoms with E-state index in [0.29, 0.717) is 13.0 Å². The summed E-state index contributed by atoms with van der Waals surface area (Å²) in [7, 11) is 1.49. The van der Waals surface area contributed by atoms with Crippen LogP contribution in [-0.2, 0) is 14.3 Å². The monoisotopic (exact) mass is 233 g/mol. The van der Waals surface area contributed by atoms with Gasteiger partial charge in [0.25, 0.3) is 0 Å². The number of carbonyl (C=O) groups excluding carboxylic acids is 2.